The lowest BCUT2D eigenvalue weighted by atomic mass is 10.2. The summed E-state index contributed by atoms with van der Waals surface area (Å²) in [6.07, 6.45) is 2.81. The number of aromatic nitrogens is 2. The van der Waals surface area contributed by atoms with Crippen LogP contribution >= 0.6 is 0 Å². The van der Waals surface area contributed by atoms with Crippen LogP contribution in [0.3, 0.4) is 0 Å². The van der Waals surface area contributed by atoms with Gasteiger partial charge in [0.15, 0.2) is 0 Å². The maximum atomic E-state index is 5.25. The number of methoxy groups -OCH3 is 1. The van der Waals surface area contributed by atoms with E-state index in [1.807, 2.05) is 24.3 Å². The molecule has 1 fully saturated rings. The molecule has 0 aliphatic carbocycles. The first-order valence-corrected chi connectivity index (χ1v) is 9.13. The fourth-order valence-corrected chi connectivity index (χ4v) is 3.57. The van der Waals surface area contributed by atoms with Gasteiger partial charge in [-0.2, -0.15) is 0 Å². The van der Waals surface area contributed by atoms with Crippen molar-refractivity contribution in [3.8, 4) is 5.75 Å². The lowest BCUT2D eigenvalue weighted by molar-refractivity contribution is 0.285. The predicted molar refractivity (Wildman–Crippen MR) is 105 cm³/mol. The summed E-state index contributed by atoms with van der Waals surface area (Å²) < 4.78 is 5.25. The Hall–Kier alpha value is -2.66. The first kappa shape index (κ1) is 16.8. The zero-order chi connectivity index (χ0) is 17.8. The Kier molecular flexibility index (Phi) is 4.97. The molecule has 1 saturated heterocycles. The van der Waals surface area contributed by atoms with Crippen molar-refractivity contribution in [3.63, 3.8) is 0 Å². The van der Waals surface area contributed by atoms with Gasteiger partial charge in [0, 0.05) is 38.1 Å². The first-order chi connectivity index (χ1) is 12.8. The Morgan fingerprint density at radius 2 is 1.77 bits per heavy atom. The molecule has 0 bridgehead atoms. The molecule has 3 aromatic rings. The number of benzene rings is 2. The molecular formula is C21H24N4O. The molecule has 26 heavy (non-hydrogen) atoms. The molecule has 0 saturated carbocycles. The van der Waals surface area contributed by atoms with E-state index in [1.165, 1.54) is 5.56 Å². The SMILES string of the molecule is COc1ccc(CN2CCCN(c3ncnc4ccccc34)CC2)cc1. The van der Waals surface area contributed by atoms with Crippen molar-refractivity contribution in [3.05, 3.63) is 60.4 Å². The highest BCUT2D eigenvalue weighted by Gasteiger charge is 2.18. The van der Waals surface area contributed by atoms with Crippen molar-refractivity contribution in [2.75, 3.05) is 38.2 Å². The van der Waals surface area contributed by atoms with E-state index in [0.717, 1.165) is 61.6 Å². The van der Waals surface area contributed by atoms with Gasteiger partial charge in [0.1, 0.15) is 17.9 Å². The monoisotopic (exact) mass is 348 g/mol. The van der Waals surface area contributed by atoms with Crippen molar-refractivity contribution in [1.29, 1.82) is 0 Å². The summed E-state index contributed by atoms with van der Waals surface area (Å²) in [4.78, 5) is 13.9. The second-order valence-electron chi connectivity index (χ2n) is 6.68. The third-order valence-electron chi connectivity index (χ3n) is 4.98. The van der Waals surface area contributed by atoms with Gasteiger partial charge in [0.25, 0.3) is 0 Å². The second kappa shape index (κ2) is 7.70. The molecule has 4 rings (SSSR count). The summed E-state index contributed by atoms with van der Waals surface area (Å²) in [5.74, 6) is 1.97. The molecule has 0 radical (unpaired) electrons. The summed E-state index contributed by atoms with van der Waals surface area (Å²) in [6, 6.07) is 16.6. The second-order valence-corrected chi connectivity index (χ2v) is 6.68. The Bertz CT molecular complexity index is 860. The van der Waals surface area contributed by atoms with Crippen LogP contribution in [0.5, 0.6) is 5.75 Å². The van der Waals surface area contributed by atoms with Gasteiger partial charge >= 0.3 is 0 Å². The van der Waals surface area contributed by atoms with Crippen LogP contribution in [0, 0.1) is 0 Å². The molecular weight excluding hydrogens is 324 g/mol. The highest BCUT2D eigenvalue weighted by Crippen LogP contribution is 2.24. The average Bonchev–Trinajstić information content (AvgIpc) is 2.94. The Balaban J connectivity index is 1.46. The molecule has 1 aliphatic rings. The van der Waals surface area contributed by atoms with Crippen molar-refractivity contribution in [2.45, 2.75) is 13.0 Å². The number of fused-ring (bicyclic) bond motifs is 1. The number of hydrogen-bond donors (Lipinski definition) is 0. The van der Waals surface area contributed by atoms with Crippen molar-refractivity contribution >= 4 is 16.7 Å². The van der Waals surface area contributed by atoms with Crippen LogP contribution < -0.4 is 9.64 Å². The molecule has 0 spiro atoms. The molecule has 134 valence electrons. The van der Waals surface area contributed by atoms with Crippen LogP contribution in [-0.4, -0.2) is 48.2 Å². The highest BCUT2D eigenvalue weighted by atomic mass is 16.5. The Labute approximate surface area is 154 Å². The normalized spacial score (nSPS) is 15.8. The fraction of sp³-hybridized carbons (Fsp3) is 0.333. The van der Waals surface area contributed by atoms with Gasteiger partial charge < -0.3 is 9.64 Å². The van der Waals surface area contributed by atoms with Gasteiger partial charge in [-0.3, -0.25) is 4.90 Å². The number of hydrogen-bond acceptors (Lipinski definition) is 5. The van der Waals surface area contributed by atoms with Gasteiger partial charge in [-0.1, -0.05) is 24.3 Å². The first-order valence-electron chi connectivity index (χ1n) is 9.13. The Morgan fingerprint density at radius 3 is 2.62 bits per heavy atom. The van der Waals surface area contributed by atoms with Crippen LogP contribution in [0.2, 0.25) is 0 Å². The smallest absolute Gasteiger partial charge is 0.139 e. The quantitative estimate of drug-likeness (QED) is 0.723. The van der Waals surface area contributed by atoms with E-state index in [-0.39, 0.29) is 0 Å². The standard InChI is InChI=1S/C21H24N4O/c1-26-18-9-7-17(8-10-18)15-24-11-4-12-25(14-13-24)21-19-5-2-3-6-20(19)22-16-23-21/h2-3,5-10,16H,4,11-15H2,1H3. The number of nitrogens with zero attached hydrogens (tertiary/aromatic N) is 4. The van der Waals surface area contributed by atoms with E-state index >= 15 is 0 Å². The van der Waals surface area contributed by atoms with Crippen LogP contribution in [0.25, 0.3) is 10.9 Å². The molecule has 0 unspecified atom stereocenters. The number of para-hydroxylation sites is 1. The fourth-order valence-electron chi connectivity index (χ4n) is 3.57. The van der Waals surface area contributed by atoms with E-state index < -0.39 is 0 Å². The summed E-state index contributed by atoms with van der Waals surface area (Å²) in [5, 5.41) is 1.14. The van der Waals surface area contributed by atoms with Crippen LogP contribution in [0.15, 0.2) is 54.9 Å². The molecule has 0 atom stereocenters. The average molecular weight is 348 g/mol. The molecule has 0 N–H and O–H groups in total. The zero-order valence-corrected chi connectivity index (χ0v) is 15.1. The molecule has 5 nitrogen and oxygen atoms in total. The number of ether oxygens (including phenoxy) is 1. The number of rotatable bonds is 4. The van der Waals surface area contributed by atoms with E-state index in [1.54, 1.807) is 13.4 Å². The molecule has 5 heteroatoms. The van der Waals surface area contributed by atoms with Crippen molar-refractivity contribution < 1.29 is 4.74 Å². The van der Waals surface area contributed by atoms with Gasteiger partial charge in [0.05, 0.1) is 12.6 Å². The van der Waals surface area contributed by atoms with Crippen LogP contribution in [0.1, 0.15) is 12.0 Å². The molecule has 2 aromatic carbocycles. The maximum Gasteiger partial charge on any atom is 0.139 e. The summed E-state index contributed by atoms with van der Waals surface area (Å²) in [6.45, 7) is 5.12. The summed E-state index contributed by atoms with van der Waals surface area (Å²) in [7, 11) is 1.70. The molecule has 0 amide bonds. The third kappa shape index (κ3) is 3.63. The lowest BCUT2D eigenvalue weighted by Gasteiger charge is -2.23. The summed E-state index contributed by atoms with van der Waals surface area (Å²) in [5.41, 5.74) is 2.34. The highest BCUT2D eigenvalue weighted by molar-refractivity contribution is 5.89. The van der Waals surface area contributed by atoms with Crippen LogP contribution in [-0.2, 0) is 6.54 Å². The van der Waals surface area contributed by atoms with Crippen molar-refractivity contribution in [1.82, 2.24) is 14.9 Å². The van der Waals surface area contributed by atoms with E-state index in [9.17, 15) is 0 Å². The molecule has 2 heterocycles. The Morgan fingerprint density at radius 1 is 0.923 bits per heavy atom. The van der Waals surface area contributed by atoms with Crippen LogP contribution in [0.4, 0.5) is 5.82 Å². The van der Waals surface area contributed by atoms with Gasteiger partial charge in [-0.05, 0) is 36.2 Å². The minimum absolute atomic E-state index is 0.909. The van der Waals surface area contributed by atoms with Gasteiger partial charge in [-0.25, -0.2) is 9.97 Å². The molecule has 1 aromatic heterocycles. The lowest BCUT2D eigenvalue weighted by Crippen LogP contribution is -2.31. The van der Waals surface area contributed by atoms with Crippen molar-refractivity contribution in [2.24, 2.45) is 0 Å². The van der Waals surface area contributed by atoms with Gasteiger partial charge in [0.2, 0.25) is 0 Å². The van der Waals surface area contributed by atoms with Gasteiger partial charge in [-0.15, -0.1) is 0 Å². The zero-order valence-electron chi connectivity index (χ0n) is 15.1. The third-order valence-corrected chi connectivity index (χ3v) is 4.98. The van der Waals surface area contributed by atoms with E-state index in [2.05, 4.69) is 44.0 Å². The van der Waals surface area contributed by atoms with E-state index in [0.29, 0.717) is 0 Å². The number of anilines is 1. The maximum absolute atomic E-state index is 5.25. The topological polar surface area (TPSA) is 41.5 Å². The minimum atomic E-state index is 0.909. The van der Waals surface area contributed by atoms with E-state index in [4.69, 9.17) is 4.74 Å². The molecule has 1 aliphatic heterocycles. The summed E-state index contributed by atoms with van der Waals surface area (Å²) >= 11 is 0. The predicted octanol–water partition coefficient (Wildman–Crippen LogP) is 3.35. The largest absolute Gasteiger partial charge is 0.497 e. The minimum Gasteiger partial charge on any atom is -0.497 e.